The van der Waals surface area contributed by atoms with E-state index in [9.17, 15) is 0 Å². The molecule has 0 bridgehead atoms. The Kier molecular flexibility index (Phi) is 3.85. The summed E-state index contributed by atoms with van der Waals surface area (Å²) in [6.07, 6.45) is 1.68. The van der Waals surface area contributed by atoms with Crippen LogP contribution >= 0.6 is 0 Å². The maximum Gasteiger partial charge on any atom is 0.102 e. The molecule has 1 unspecified atom stereocenters. The molecular formula is C12H16N4O. The zero-order valence-electron chi connectivity index (χ0n) is 9.78. The maximum absolute atomic E-state index is 5.93. The summed E-state index contributed by atoms with van der Waals surface area (Å²) in [6.45, 7) is 3.05. The zero-order chi connectivity index (χ0) is 12.1. The molecule has 5 heteroatoms. The number of para-hydroxylation sites is 1. The fourth-order valence-corrected chi connectivity index (χ4v) is 1.46. The van der Waals surface area contributed by atoms with Gasteiger partial charge in [-0.25, -0.2) is 0 Å². The van der Waals surface area contributed by atoms with E-state index in [0.29, 0.717) is 13.2 Å². The van der Waals surface area contributed by atoms with E-state index in [0.717, 1.165) is 11.4 Å². The number of aromatic nitrogens is 3. The average molecular weight is 232 g/mol. The summed E-state index contributed by atoms with van der Waals surface area (Å²) in [5.74, 6) is 0. The molecule has 2 N–H and O–H groups in total. The minimum atomic E-state index is -0.229. The molecule has 0 saturated heterocycles. The summed E-state index contributed by atoms with van der Waals surface area (Å²) in [6, 6.07) is 9.49. The van der Waals surface area contributed by atoms with Gasteiger partial charge in [0.2, 0.25) is 0 Å². The van der Waals surface area contributed by atoms with Gasteiger partial charge < -0.3 is 10.5 Å². The van der Waals surface area contributed by atoms with Gasteiger partial charge in [-0.2, -0.15) is 15.0 Å². The van der Waals surface area contributed by atoms with Crippen molar-refractivity contribution in [3.8, 4) is 5.69 Å². The van der Waals surface area contributed by atoms with Crippen molar-refractivity contribution in [2.45, 2.75) is 13.0 Å². The van der Waals surface area contributed by atoms with Crippen LogP contribution in [0.3, 0.4) is 0 Å². The van der Waals surface area contributed by atoms with E-state index >= 15 is 0 Å². The minimum absolute atomic E-state index is 0.229. The third-order valence-electron chi connectivity index (χ3n) is 2.38. The molecule has 2 aromatic rings. The molecule has 0 spiro atoms. The van der Waals surface area contributed by atoms with Crippen LogP contribution in [0.4, 0.5) is 0 Å². The fourth-order valence-electron chi connectivity index (χ4n) is 1.46. The summed E-state index contributed by atoms with van der Waals surface area (Å²) < 4.78 is 5.26. The molecule has 2 rings (SSSR count). The molecule has 0 aliphatic heterocycles. The lowest BCUT2D eigenvalue weighted by molar-refractivity contribution is 0.132. The van der Waals surface area contributed by atoms with Crippen LogP contribution in [0.25, 0.3) is 5.69 Å². The normalized spacial score (nSPS) is 12.6. The van der Waals surface area contributed by atoms with Crippen molar-refractivity contribution in [3.63, 3.8) is 0 Å². The molecule has 5 nitrogen and oxygen atoms in total. The van der Waals surface area contributed by atoms with Crippen molar-refractivity contribution in [2.75, 3.05) is 13.2 Å². The van der Waals surface area contributed by atoms with Gasteiger partial charge in [-0.3, -0.25) is 0 Å². The first-order valence-corrected chi connectivity index (χ1v) is 5.62. The summed E-state index contributed by atoms with van der Waals surface area (Å²) in [7, 11) is 0. The van der Waals surface area contributed by atoms with Gasteiger partial charge in [-0.15, -0.1) is 0 Å². The molecule has 0 amide bonds. The standard InChI is InChI=1S/C12H16N4O/c1-2-17-9-11(13)12-8-14-16(15-12)10-6-4-3-5-7-10/h3-8,11H,2,9,13H2,1H3. The van der Waals surface area contributed by atoms with E-state index in [-0.39, 0.29) is 6.04 Å². The van der Waals surface area contributed by atoms with Crippen LogP contribution in [0.15, 0.2) is 36.5 Å². The van der Waals surface area contributed by atoms with Crippen LogP contribution in [0, 0.1) is 0 Å². The van der Waals surface area contributed by atoms with Gasteiger partial charge in [0.1, 0.15) is 5.69 Å². The molecule has 17 heavy (non-hydrogen) atoms. The first-order chi connectivity index (χ1) is 8.31. The van der Waals surface area contributed by atoms with Gasteiger partial charge in [0.15, 0.2) is 0 Å². The monoisotopic (exact) mass is 232 g/mol. The lowest BCUT2D eigenvalue weighted by atomic mass is 10.2. The van der Waals surface area contributed by atoms with Gasteiger partial charge in [0.05, 0.1) is 24.5 Å². The Hall–Kier alpha value is -1.72. The largest absolute Gasteiger partial charge is 0.380 e. The summed E-state index contributed by atoms with van der Waals surface area (Å²) in [4.78, 5) is 1.57. The van der Waals surface area contributed by atoms with Crippen LogP contribution in [0.5, 0.6) is 0 Å². The number of rotatable bonds is 5. The molecule has 1 heterocycles. The first kappa shape index (κ1) is 11.8. The lowest BCUT2D eigenvalue weighted by Crippen LogP contribution is -2.18. The Morgan fingerprint density at radius 2 is 2.12 bits per heavy atom. The highest BCUT2D eigenvalue weighted by Gasteiger charge is 2.10. The number of nitrogens with two attached hydrogens (primary N) is 1. The van der Waals surface area contributed by atoms with Crippen LogP contribution in [-0.4, -0.2) is 28.2 Å². The number of hydrogen-bond acceptors (Lipinski definition) is 4. The highest BCUT2D eigenvalue weighted by Crippen LogP contribution is 2.09. The summed E-state index contributed by atoms with van der Waals surface area (Å²) >= 11 is 0. The molecule has 0 fully saturated rings. The Balaban J connectivity index is 2.11. The van der Waals surface area contributed by atoms with Crippen LogP contribution in [0.2, 0.25) is 0 Å². The SMILES string of the molecule is CCOCC(N)c1cnn(-c2ccccc2)n1. The molecule has 1 atom stereocenters. The molecule has 90 valence electrons. The highest BCUT2D eigenvalue weighted by atomic mass is 16.5. The molecular weight excluding hydrogens is 216 g/mol. The number of ether oxygens (including phenoxy) is 1. The Morgan fingerprint density at radius 1 is 1.35 bits per heavy atom. The Morgan fingerprint density at radius 3 is 2.82 bits per heavy atom. The third-order valence-corrected chi connectivity index (χ3v) is 2.38. The Bertz CT molecular complexity index is 455. The maximum atomic E-state index is 5.93. The fraction of sp³-hybridized carbons (Fsp3) is 0.333. The van der Waals surface area contributed by atoms with E-state index in [1.165, 1.54) is 0 Å². The van der Waals surface area contributed by atoms with Crippen molar-refractivity contribution in [1.29, 1.82) is 0 Å². The van der Waals surface area contributed by atoms with Crippen LogP contribution in [-0.2, 0) is 4.74 Å². The van der Waals surface area contributed by atoms with Crippen molar-refractivity contribution in [3.05, 3.63) is 42.2 Å². The van der Waals surface area contributed by atoms with Crippen LogP contribution < -0.4 is 5.73 Å². The second-order valence-electron chi connectivity index (χ2n) is 3.66. The second kappa shape index (κ2) is 5.56. The molecule has 1 aromatic carbocycles. The smallest absolute Gasteiger partial charge is 0.102 e. The van der Waals surface area contributed by atoms with E-state index in [1.807, 2.05) is 37.3 Å². The molecule has 1 aromatic heterocycles. The first-order valence-electron chi connectivity index (χ1n) is 5.62. The minimum Gasteiger partial charge on any atom is -0.380 e. The van der Waals surface area contributed by atoms with Gasteiger partial charge >= 0.3 is 0 Å². The Labute approximate surface area is 100 Å². The van der Waals surface area contributed by atoms with E-state index in [2.05, 4.69) is 10.2 Å². The molecule has 0 saturated carbocycles. The summed E-state index contributed by atoms with van der Waals surface area (Å²) in [5, 5.41) is 8.52. The van der Waals surface area contributed by atoms with Crippen LogP contribution in [0.1, 0.15) is 18.7 Å². The predicted octanol–water partition coefficient (Wildman–Crippen LogP) is 1.30. The van der Waals surface area contributed by atoms with Crippen molar-refractivity contribution in [1.82, 2.24) is 15.0 Å². The third kappa shape index (κ3) is 2.89. The molecule has 0 aliphatic carbocycles. The predicted molar refractivity (Wildman–Crippen MR) is 64.8 cm³/mol. The van der Waals surface area contributed by atoms with Gasteiger partial charge in [0, 0.05) is 6.61 Å². The van der Waals surface area contributed by atoms with Crippen molar-refractivity contribution < 1.29 is 4.74 Å². The second-order valence-corrected chi connectivity index (χ2v) is 3.66. The van der Waals surface area contributed by atoms with Gasteiger partial charge in [0.25, 0.3) is 0 Å². The van der Waals surface area contributed by atoms with Gasteiger partial charge in [-0.1, -0.05) is 18.2 Å². The van der Waals surface area contributed by atoms with Crippen molar-refractivity contribution in [2.24, 2.45) is 5.73 Å². The number of nitrogens with zero attached hydrogens (tertiary/aromatic N) is 3. The molecule has 0 aliphatic rings. The van der Waals surface area contributed by atoms with E-state index in [4.69, 9.17) is 10.5 Å². The van der Waals surface area contributed by atoms with E-state index < -0.39 is 0 Å². The van der Waals surface area contributed by atoms with E-state index in [1.54, 1.807) is 11.0 Å². The quantitative estimate of drug-likeness (QED) is 0.844. The lowest BCUT2D eigenvalue weighted by Gasteiger charge is -2.07. The average Bonchev–Trinajstić information content (AvgIpc) is 2.86. The number of hydrogen-bond donors (Lipinski definition) is 1. The zero-order valence-corrected chi connectivity index (χ0v) is 9.78. The number of benzene rings is 1. The topological polar surface area (TPSA) is 66.0 Å². The van der Waals surface area contributed by atoms with Gasteiger partial charge in [-0.05, 0) is 19.1 Å². The summed E-state index contributed by atoms with van der Waals surface area (Å²) in [5.41, 5.74) is 7.59. The molecule has 0 radical (unpaired) electrons. The highest BCUT2D eigenvalue weighted by molar-refractivity contribution is 5.28. The van der Waals surface area contributed by atoms with Crippen molar-refractivity contribution >= 4 is 0 Å².